The van der Waals surface area contributed by atoms with Crippen LogP contribution in [0.3, 0.4) is 0 Å². The summed E-state index contributed by atoms with van der Waals surface area (Å²) < 4.78 is 7.46. The molecule has 0 spiro atoms. The predicted molar refractivity (Wildman–Crippen MR) is 114 cm³/mol. The summed E-state index contributed by atoms with van der Waals surface area (Å²) in [5.41, 5.74) is 4.16. The summed E-state index contributed by atoms with van der Waals surface area (Å²) in [6, 6.07) is 24.7. The molecule has 4 rings (SSSR count). The fourth-order valence-electron chi connectivity index (χ4n) is 3.17. The number of hydrogen-bond acceptors (Lipinski definition) is 4. The van der Waals surface area contributed by atoms with Crippen molar-refractivity contribution >= 4 is 17.5 Å². The van der Waals surface area contributed by atoms with Crippen molar-refractivity contribution in [3.63, 3.8) is 0 Å². The van der Waals surface area contributed by atoms with Crippen LogP contribution in [0.5, 0.6) is 5.75 Å². The molecular formula is C24H21N3O2. The highest BCUT2D eigenvalue weighted by molar-refractivity contribution is 5.91. The molecule has 1 heterocycles. The summed E-state index contributed by atoms with van der Waals surface area (Å²) >= 11 is 0. The van der Waals surface area contributed by atoms with Crippen molar-refractivity contribution in [2.75, 3.05) is 5.32 Å². The second kappa shape index (κ2) is 8.02. The first-order chi connectivity index (χ1) is 14.1. The van der Waals surface area contributed by atoms with Gasteiger partial charge >= 0.3 is 5.97 Å². The van der Waals surface area contributed by atoms with E-state index in [-0.39, 0.29) is 5.97 Å². The van der Waals surface area contributed by atoms with Crippen LogP contribution < -0.4 is 10.1 Å². The molecule has 4 aromatic rings. The predicted octanol–water partition coefficient (Wildman–Crippen LogP) is 5.45. The highest BCUT2D eigenvalue weighted by atomic mass is 16.5. The van der Waals surface area contributed by atoms with Crippen molar-refractivity contribution in [3.8, 4) is 11.4 Å². The van der Waals surface area contributed by atoms with Gasteiger partial charge in [-0.2, -0.15) is 5.10 Å². The molecule has 0 fully saturated rings. The van der Waals surface area contributed by atoms with Gasteiger partial charge in [-0.25, -0.2) is 9.48 Å². The fraction of sp³-hybridized carbons (Fsp3) is 0.0833. The van der Waals surface area contributed by atoms with Crippen molar-refractivity contribution in [3.05, 3.63) is 102 Å². The van der Waals surface area contributed by atoms with Crippen LogP contribution in [0.15, 0.2) is 85.1 Å². The normalized spacial score (nSPS) is 10.6. The van der Waals surface area contributed by atoms with Crippen molar-refractivity contribution < 1.29 is 9.53 Å². The third kappa shape index (κ3) is 4.19. The SMILES string of the molecule is Cc1cc(Nc2ccn(-c3ccccc3)n2)cc(C)c1OC(=O)c1ccccc1. The zero-order chi connectivity index (χ0) is 20.2. The largest absolute Gasteiger partial charge is 0.422 e. The maximum absolute atomic E-state index is 12.4. The lowest BCUT2D eigenvalue weighted by molar-refractivity contribution is 0.0732. The quantitative estimate of drug-likeness (QED) is 0.368. The standard InChI is InChI=1S/C24H21N3O2/c1-17-15-20(25-22-13-14-27(26-22)21-11-7-4-8-12-21)16-18(2)23(17)29-24(28)19-9-5-3-6-10-19/h3-16H,1-2H3,(H,25,26). The maximum Gasteiger partial charge on any atom is 0.343 e. The van der Waals surface area contributed by atoms with Gasteiger partial charge in [-0.1, -0.05) is 36.4 Å². The number of nitrogens with zero attached hydrogens (tertiary/aromatic N) is 2. The summed E-state index contributed by atoms with van der Waals surface area (Å²) in [6.45, 7) is 3.85. The van der Waals surface area contributed by atoms with Gasteiger partial charge < -0.3 is 10.1 Å². The average molecular weight is 383 g/mol. The van der Waals surface area contributed by atoms with Gasteiger partial charge in [-0.15, -0.1) is 0 Å². The minimum absolute atomic E-state index is 0.362. The number of anilines is 2. The minimum atomic E-state index is -0.362. The van der Waals surface area contributed by atoms with E-state index in [0.717, 1.165) is 28.3 Å². The highest BCUT2D eigenvalue weighted by Crippen LogP contribution is 2.29. The van der Waals surface area contributed by atoms with E-state index in [1.807, 2.05) is 91.5 Å². The number of carbonyl (C=O) groups is 1. The summed E-state index contributed by atoms with van der Waals surface area (Å²) in [7, 11) is 0. The smallest absolute Gasteiger partial charge is 0.343 e. The van der Waals surface area contributed by atoms with Gasteiger partial charge in [0.05, 0.1) is 11.3 Å². The lowest BCUT2D eigenvalue weighted by Crippen LogP contribution is -2.10. The van der Waals surface area contributed by atoms with Crippen LogP contribution in [0.1, 0.15) is 21.5 Å². The molecule has 144 valence electrons. The Labute approximate surface area is 169 Å². The first kappa shape index (κ1) is 18.5. The van der Waals surface area contributed by atoms with E-state index in [2.05, 4.69) is 10.4 Å². The van der Waals surface area contributed by atoms with Crippen LogP contribution in [-0.4, -0.2) is 15.7 Å². The first-order valence-electron chi connectivity index (χ1n) is 9.37. The Morgan fingerprint density at radius 1 is 0.897 bits per heavy atom. The van der Waals surface area contributed by atoms with Crippen LogP contribution in [0.4, 0.5) is 11.5 Å². The number of rotatable bonds is 5. The summed E-state index contributed by atoms with van der Waals surface area (Å²) in [6.07, 6.45) is 1.91. The molecule has 0 aliphatic heterocycles. The van der Waals surface area contributed by atoms with Crippen molar-refractivity contribution in [2.24, 2.45) is 0 Å². The van der Waals surface area contributed by atoms with Crippen LogP contribution in [0, 0.1) is 13.8 Å². The molecule has 0 saturated heterocycles. The lowest BCUT2D eigenvalue weighted by Gasteiger charge is -2.13. The lowest BCUT2D eigenvalue weighted by atomic mass is 10.1. The monoisotopic (exact) mass is 383 g/mol. The Hall–Kier alpha value is -3.86. The molecule has 0 saturated carbocycles. The number of para-hydroxylation sites is 1. The number of aromatic nitrogens is 2. The Kier molecular flexibility index (Phi) is 5.12. The average Bonchev–Trinajstić information content (AvgIpc) is 3.20. The third-order valence-corrected chi connectivity index (χ3v) is 4.55. The van der Waals surface area contributed by atoms with E-state index in [4.69, 9.17) is 4.74 Å². The van der Waals surface area contributed by atoms with Crippen molar-refractivity contribution in [2.45, 2.75) is 13.8 Å². The van der Waals surface area contributed by atoms with Gasteiger partial charge in [0.25, 0.3) is 0 Å². The van der Waals surface area contributed by atoms with E-state index < -0.39 is 0 Å². The van der Waals surface area contributed by atoms with E-state index in [9.17, 15) is 4.79 Å². The zero-order valence-corrected chi connectivity index (χ0v) is 16.3. The molecule has 1 N–H and O–H groups in total. The molecular weight excluding hydrogens is 362 g/mol. The second-order valence-corrected chi connectivity index (χ2v) is 6.80. The number of ether oxygens (including phenoxy) is 1. The molecule has 0 unspecified atom stereocenters. The van der Waals surface area contributed by atoms with E-state index in [1.165, 1.54) is 0 Å². The Balaban J connectivity index is 1.52. The fourth-order valence-corrected chi connectivity index (χ4v) is 3.17. The molecule has 29 heavy (non-hydrogen) atoms. The molecule has 3 aromatic carbocycles. The van der Waals surface area contributed by atoms with E-state index in [0.29, 0.717) is 11.3 Å². The number of hydrogen-bond donors (Lipinski definition) is 1. The molecule has 0 amide bonds. The van der Waals surface area contributed by atoms with Gasteiger partial charge in [-0.3, -0.25) is 0 Å². The third-order valence-electron chi connectivity index (χ3n) is 4.55. The molecule has 1 aromatic heterocycles. The van der Waals surface area contributed by atoms with Crippen LogP contribution in [-0.2, 0) is 0 Å². The molecule has 0 radical (unpaired) electrons. The zero-order valence-electron chi connectivity index (χ0n) is 16.3. The van der Waals surface area contributed by atoms with Gasteiger partial charge in [-0.05, 0) is 61.4 Å². The van der Waals surface area contributed by atoms with Crippen LogP contribution in [0.25, 0.3) is 5.69 Å². The molecule has 0 bridgehead atoms. The molecule has 0 atom stereocenters. The molecule has 0 aliphatic rings. The second-order valence-electron chi connectivity index (χ2n) is 6.80. The number of aryl methyl sites for hydroxylation is 2. The number of esters is 1. The Morgan fingerprint density at radius 2 is 1.52 bits per heavy atom. The number of carbonyl (C=O) groups excluding carboxylic acids is 1. The van der Waals surface area contributed by atoms with Crippen molar-refractivity contribution in [1.29, 1.82) is 0 Å². The Bertz CT molecular complexity index is 1110. The van der Waals surface area contributed by atoms with Crippen molar-refractivity contribution in [1.82, 2.24) is 9.78 Å². The molecule has 0 aliphatic carbocycles. The van der Waals surface area contributed by atoms with E-state index >= 15 is 0 Å². The molecule has 5 nitrogen and oxygen atoms in total. The summed E-state index contributed by atoms with van der Waals surface area (Å²) in [5, 5.41) is 7.88. The van der Waals surface area contributed by atoms with Gasteiger partial charge in [0.15, 0.2) is 5.82 Å². The molecule has 5 heteroatoms. The topological polar surface area (TPSA) is 56.1 Å². The summed E-state index contributed by atoms with van der Waals surface area (Å²) in [5.74, 6) is 0.958. The number of benzene rings is 3. The van der Waals surface area contributed by atoms with E-state index in [1.54, 1.807) is 12.1 Å². The van der Waals surface area contributed by atoms with Gasteiger partial charge in [0.2, 0.25) is 0 Å². The number of nitrogens with one attached hydrogen (secondary N) is 1. The minimum Gasteiger partial charge on any atom is -0.422 e. The summed E-state index contributed by atoms with van der Waals surface area (Å²) in [4.78, 5) is 12.4. The first-order valence-corrected chi connectivity index (χ1v) is 9.37. The van der Waals surface area contributed by atoms with Crippen LogP contribution >= 0.6 is 0 Å². The maximum atomic E-state index is 12.4. The Morgan fingerprint density at radius 3 is 2.17 bits per heavy atom. The van der Waals surface area contributed by atoms with Gasteiger partial charge in [0, 0.05) is 18.0 Å². The highest BCUT2D eigenvalue weighted by Gasteiger charge is 2.13. The van der Waals surface area contributed by atoms with Gasteiger partial charge in [0.1, 0.15) is 5.75 Å². The van der Waals surface area contributed by atoms with Crippen LogP contribution in [0.2, 0.25) is 0 Å².